The third-order valence-electron chi connectivity index (χ3n) is 4.26. The van der Waals surface area contributed by atoms with Crippen LogP contribution in [-0.2, 0) is 9.47 Å². The fraction of sp³-hybridized carbons (Fsp3) is 1.00. The first-order valence-electron chi connectivity index (χ1n) is 6.85. The lowest BCUT2D eigenvalue weighted by molar-refractivity contribution is -0.295. The molecule has 21 heavy (non-hydrogen) atoms. The fourth-order valence-corrected chi connectivity index (χ4v) is 3.01. The van der Waals surface area contributed by atoms with Gasteiger partial charge < -0.3 is 45.4 Å². The summed E-state index contributed by atoms with van der Waals surface area (Å²) in [6.45, 7) is -0.421. The highest BCUT2D eigenvalue weighted by molar-refractivity contribution is 5.02. The van der Waals surface area contributed by atoms with E-state index in [2.05, 4.69) is 5.32 Å². The van der Waals surface area contributed by atoms with Crippen LogP contribution in [0.15, 0.2) is 0 Å². The molecule has 2 aliphatic heterocycles. The van der Waals surface area contributed by atoms with Crippen LogP contribution in [0.3, 0.4) is 0 Å². The van der Waals surface area contributed by atoms with E-state index in [0.717, 1.165) is 0 Å². The fourth-order valence-electron chi connectivity index (χ4n) is 3.01. The van der Waals surface area contributed by atoms with Gasteiger partial charge in [0.2, 0.25) is 0 Å². The second kappa shape index (κ2) is 6.82. The molecule has 0 amide bonds. The van der Waals surface area contributed by atoms with Gasteiger partial charge in [-0.25, -0.2) is 0 Å². The summed E-state index contributed by atoms with van der Waals surface area (Å²) in [5, 5.41) is 62.0. The molecule has 2 aliphatic rings. The number of aliphatic hydroxyl groups excluding tert-OH is 6. The van der Waals surface area contributed by atoms with Gasteiger partial charge in [0.25, 0.3) is 0 Å². The van der Waals surface area contributed by atoms with Gasteiger partial charge in [-0.05, 0) is 0 Å². The molecule has 0 saturated carbocycles. The maximum absolute atomic E-state index is 10.4. The second-order valence-corrected chi connectivity index (χ2v) is 5.50. The summed E-state index contributed by atoms with van der Waals surface area (Å²) in [6.07, 6.45) is -8.47. The van der Waals surface area contributed by atoms with Crippen LogP contribution in [0, 0.1) is 5.92 Å². The number of rotatable bonds is 4. The van der Waals surface area contributed by atoms with Crippen molar-refractivity contribution in [3.63, 3.8) is 0 Å². The van der Waals surface area contributed by atoms with Crippen molar-refractivity contribution in [3.8, 4) is 0 Å². The lowest BCUT2D eigenvalue weighted by Crippen LogP contribution is -2.63. The Labute approximate surface area is 121 Å². The second-order valence-electron chi connectivity index (χ2n) is 5.50. The largest absolute Gasteiger partial charge is 0.394 e. The zero-order valence-corrected chi connectivity index (χ0v) is 11.6. The Morgan fingerprint density at radius 2 is 1.86 bits per heavy atom. The first-order valence-corrected chi connectivity index (χ1v) is 6.85. The molecule has 0 radical (unpaired) electrons. The molecule has 0 aromatic rings. The van der Waals surface area contributed by atoms with Crippen LogP contribution in [-0.4, -0.2) is 99.9 Å². The Morgan fingerprint density at radius 3 is 2.33 bits per heavy atom. The summed E-state index contributed by atoms with van der Waals surface area (Å²) < 4.78 is 10.1. The van der Waals surface area contributed by atoms with Gasteiger partial charge in [-0.2, -0.15) is 0 Å². The van der Waals surface area contributed by atoms with E-state index in [1.165, 1.54) is 7.11 Å². The summed E-state index contributed by atoms with van der Waals surface area (Å²) in [5.74, 6) is -1.11. The first kappa shape index (κ1) is 17.0. The molecule has 2 fully saturated rings. The van der Waals surface area contributed by atoms with Crippen molar-refractivity contribution in [2.45, 2.75) is 49.0 Å². The molecule has 7 N–H and O–H groups in total. The van der Waals surface area contributed by atoms with E-state index in [1.54, 1.807) is 0 Å². The highest BCUT2D eigenvalue weighted by Crippen LogP contribution is 2.32. The predicted molar refractivity (Wildman–Crippen MR) is 68.1 cm³/mol. The van der Waals surface area contributed by atoms with E-state index >= 15 is 0 Å². The molecule has 2 heterocycles. The maximum atomic E-state index is 10.4. The van der Waals surface area contributed by atoms with Gasteiger partial charge in [0.15, 0.2) is 6.29 Å². The van der Waals surface area contributed by atoms with Gasteiger partial charge in [-0.3, -0.25) is 0 Å². The highest BCUT2D eigenvalue weighted by Gasteiger charge is 2.52. The Morgan fingerprint density at radius 1 is 1.19 bits per heavy atom. The highest BCUT2D eigenvalue weighted by atomic mass is 16.7. The Bertz CT molecular complexity index is 329. The summed E-state index contributed by atoms with van der Waals surface area (Å²) in [4.78, 5) is 0. The summed E-state index contributed by atoms with van der Waals surface area (Å²) >= 11 is 0. The van der Waals surface area contributed by atoms with E-state index < -0.39 is 61.5 Å². The molecule has 2 rings (SSSR count). The lowest BCUT2D eigenvalue weighted by Gasteiger charge is -2.44. The van der Waals surface area contributed by atoms with Crippen LogP contribution < -0.4 is 5.32 Å². The van der Waals surface area contributed by atoms with Crippen molar-refractivity contribution in [1.82, 2.24) is 5.32 Å². The molecule has 0 bridgehead atoms. The van der Waals surface area contributed by atoms with E-state index in [-0.39, 0.29) is 6.54 Å². The standard InChI is InChI=1S/C12H23NO8/c1-20-12-11(19)6(9(17)5(3-14)21-12)10(18)7-8(16)4(15)2-13-7/h4-19H,2-3H2,1H3/t4-,5-,6-,7-,8-,9+,10+,11-,12+/m1/s1. The van der Waals surface area contributed by atoms with Crippen LogP contribution in [0.25, 0.3) is 0 Å². The number of ether oxygens (including phenoxy) is 2. The minimum absolute atomic E-state index is 0.0927. The summed E-state index contributed by atoms with van der Waals surface area (Å²) in [7, 11) is 1.29. The molecule has 9 atom stereocenters. The molecule has 0 unspecified atom stereocenters. The maximum Gasteiger partial charge on any atom is 0.184 e. The van der Waals surface area contributed by atoms with E-state index in [9.17, 15) is 30.6 Å². The van der Waals surface area contributed by atoms with Gasteiger partial charge in [0.05, 0.1) is 37.1 Å². The number of hydrogen-bond acceptors (Lipinski definition) is 9. The number of methoxy groups -OCH3 is 1. The number of β-amino-alcohol motifs (C(OH)–C–C–N with tert-alkyl or cyclic N) is 1. The van der Waals surface area contributed by atoms with Crippen LogP contribution in [0.2, 0.25) is 0 Å². The zero-order valence-electron chi connectivity index (χ0n) is 11.6. The number of hydrogen-bond donors (Lipinski definition) is 7. The Hall–Kier alpha value is -0.360. The van der Waals surface area contributed by atoms with Crippen molar-refractivity contribution >= 4 is 0 Å². The van der Waals surface area contributed by atoms with Gasteiger partial charge >= 0.3 is 0 Å². The van der Waals surface area contributed by atoms with Crippen molar-refractivity contribution in [3.05, 3.63) is 0 Å². The quantitative estimate of drug-likeness (QED) is 0.274. The van der Waals surface area contributed by atoms with Crippen molar-refractivity contribution in [1.29, 1.82) is 0 Å². The van der Waals surface area contributed by atoms with Crippen molar-refractivity contribution in [2.24, 2.45) is 5.92 Å². The van der Waals surface area contributed by atoms with E-state index in [1.807, 2.05) is 0 Å². The van der Waals surface area contributed by atoms with Gasteiger partial charge in [0, 0.05) is 19.6 Å². The Balaban J connectivity index is 2.17. The van der Waals surface area contributed by atoms with Gasteiger partial charge in [-0.1, -0.05) is 0 Å². The molecule has 0 aromatic carbocycles. The molecule has 9 nitrogen and oxygen atoms in total. The third-order valence-corrected chi connectivity index (χ3v) is 4.26. The monoisotopic (exact) mass is 309 g/mol. The molecule has 0 spiro atoms. The molecular weight excluding hydrogens is 286 g/mol. The Kier molecular flexibility index (Phi) is 5.52. The van der Waals surface area contributed by atoms with Gasteiger partial charge in [-0.15, -0.1) is 0 Å². The van der Waals surface area contributed by atoms with Crippen LogP contribution in [0.5, 0.6) is 0 Å². The van der Waals surface area contributed by atoms with Crippen LogP contribution in [0.1, 0.15) is 0 Å². The van der Waals surface area contributed by atoms with Crippen molar-refractivity contribution < 1.29 is 40.1 Å². The third kappa shape index (κ3) is 3.07. The van der Waals surface area contributed by atoms with Crippen molar-refractivity contribution in [2.75, 3.05) is 20.3 Å². The molecule has 124 valence electrons. The number of nitrogens with one attached hydrogen (secondary N) is 1. The minimum Gasteiger partial charge on any atom is -0.394 e. The number of aliphatic hydroxyl groups is 6. The first-order chi connectivity index (χ1) is 9.92. The topological polar surface area (TPSA) is 152 Å². The lowest BCUT2D eigenvalue weighted by atomic mass is 9.80. The molecule has 9 heteroatoms. The van der Waals surface area contributed by atoms with Crippen LogP contribution in [0.4, 0.5) is 0 Å². The van der Waals surface area contributed by atoms with E-state index in [4.69, 9.17) is 9.47 Å². The average molecular weight is 309 g/mol. The molecule has 2 saturated heterocycles. The van der Waals surface area contributed by atoms with Gasteiger partial charge in [0.1, 0.15) is 12.2 Å². The van der Waals surface area contributed by atoms with Crippen LogP contribution >= 0.6 is 0 Å². The smallest absolute Gasteiger partial charge is 0.184 e. The summed E-state index contributed by atoms with van der Waals surface area (Å²) in [5.41, 5.74) is 0. The summed E-state index contributed by atoms with van der Waals surface area (Å²) in [6, 6.07) is -0.913. The molecular formula is C12H23NO8. The minimum atomic E-state index is -1.36. The normalized spacial score (nSPS) is 49.3. The molecule has 0 aromatic heterocycles. The SMILES string of the molecule is CO[C@H]1O[C@H](CO)[C@H](O)[C@H]([C@H](O)[C@@H]2NC[C@@H](O)[C@H]2O)[C@H]1O. The zero-order chi connectivity index (χ0) is 15.7. The van der Waals surface area contributed by atoms with E-state index in [0.29, 0.717) is 0 Å². The average Bonchev–Trinajstić information content (AvgIpc) is 2.79. The molecule has 0 aliphatic carbocycles. The predicted octanol–water partition coefficient (Wildman–Crippen LogP) is -4.26.